The summed E-state index contributed by atoms with van der Waals surface area (Å²) in [5, 5.41) is 2.42. The number of hydrogen-bond donors (Lipinski definition) is 0. The van der Waals surface area contributed by atoms with Crippen LogP contribution in [0.25, 0.3) is 0 Å². The van der Waals surface area contributed by atoms with E-state index in [4.69, 9.17) is 14.2 Å². The summed E-state index contributed by atoms with van der Waals surface area (Å²) in [7, 11) is 0. The van der Waals surface area contributed by atoms with E-state index in [9.17, 15) is 14.5 Å². The Bertz CT molecular complexity index is 403. The molecule has 0 aromatic rings. The number of hydrogen-bond acceptors (Lipinski definition) is 7. The van der Waals surface area contributed by atoms with E-state index in [0.717, 1.165) is 0 Å². The molecule has 0 aromatic heterocycles. The molecular formula is C8H7IN2O6. The molecular weight excluding hydrogens is 347 g/mol. The normalized spacial score (nSPS) is 41.2. The molecule has 5 unspecified atom stereocenters. The van der Waals surface area contributed by atoms with Gasteiger partial charge in [-0.3, -0.25) is 4.79 Å². The average Bonchev–Trinajstić information content (AvgIpc) is 2.92. The number of carbonyl (C=O) groups is 2. The second-order valence-electron chi connectivity index (χ2n) is 4.07. The van der Waals surface area contributed by atoms with E-state index in [1.807, 2.05) is 0 Å². The molecule has 3 aliphatic rings. The van der Waals surface area contributed by atoms with E-state index in [-0.39, 0.29) is 24.1 Å². The van der Waals surface area contributed by atoms with Crippen LogP contribution in [0.3, 0.4) is 0 Å². The SMILES string of the molecule is O=NN(I)C(=O)OC1C2CC3C(=O)OC1C3O2. The summed E-state index contributed by atoms with van der Waals surface area (Å²) in [5.41, 5.74) is 0. The maximum Gasteiger partial charge on any atom is 0.443 e. The van der Waals surface area contributed by atoms with Crippen LogP contribution in [0.5, 0.6) is 0 Å². The van der Waals surface area contributed by atoms with Crippen LogP contribution in [-0.2, 0) is 19.0 Å². The highest BCUT2D eigenvalue weighted by Gasteiger charge is 2.65. The van der Waals surface area contributed by atoms with Crippen molar-refractivity contribution in [2.45, 2.75) is 30.8 Å². The van der Waals surface area contributed by atoms with Crippen LogP contribution in [0.4, 0.5) is 4.79 Å². The van der Waals surface area contributed by atoms with Crippen LogP contribution in [0.1, 0.15) is 6.42 Å². The Kier molecular flexibility index (Phi) is 2.47. The maximum absolute atomic E-state index is 11.4. The lowest BCUT2D eigenvalue weighted by Crippen LogP contribution is -2.41. The van der Waals surface area contributed by atoms with Gasteiger partial charge in [0.2, 0.25) is 0 Å². The summed E-state index contributed by atoms with van der Waals surface area (Å²) >= 11 is 1.41. The minimum Gasteiger partial charge on any atom is -0.455 e. The van der Waals surface area contributed by atoms with E-state index in [0.29, 0.717) is 9.64 Å². The first-order valence-electron chi connectivity index (χ1n) is 4.97. The minimum absolute atomic E-state index is 0.236. The van der Waals surface area contributed by atoms with Crippen LogP contribution < -0.4 is 0 Å². The molecule has 3 fully saturated rings. The van der Waals surface area contributed by atoms with E-state index < -0.39 is 18.3 Å². The molecule has 0 spiro atoms. The van der Waals surface area contributed by atoms with Crippen molar-refractivity contribution >= 4 is 34.9 Å². The van der Waals surface area contributed by atoms with Crippen molar-refractivity contribution < 1.29 is 23.8 Å². The molecule has 17 heavy (non-hydrogen) atoms. The fraction of sp³-hybridized carbons (Fsp3) is 0.750. The molecule has 5 atom stereocenters. The van der Waals surface area contributed by atoms with Gasteiger partial charge in [0.25, 0.3) is 0 Å². The van der Waals surface area contributed by atoms with Gasteiger partial charge in [-0.25, -0.2) is 4.79 Å². The van der Waals surface area contributed by atoms with Gasteiger partial charge in [0.15, 0.2) is 12.2 Å². The number of carbonyl (C=O) groups excluding carboxylic acids is 2. The van der Waals surface area contributed by atoms with E-state index >= 15 is 0 Å². The molecule has 0 aliphatic carbocycles. The van der Waals surface area contributed by atoms with Gasteiger partial charge in [0, 0.05) is 0 Å². The van der Waals surface area contributed by atoms with Crippen LogP contribution in [0, 0.1) is 10.8 Å². The Morgan fingerprint density at radius 2 is 2.29 bits per heavy atom. The van der Waals surface area contributed by atoms with Crippen molar-refractivity contribution in [1.82, 2.24) is 3.22 Å². The molecule has 0 radical (unpaired) electrons. The molecule has 1 amide bonds. The molecule has 8 nitrogen and oxygen atoms in total. The van der Waals surface area contributed by atoms with E-state index in [1.165, 1.54) is 22.9 Å². The molecule has 3 rings (SSSR count). The Morgan fingerprint density at radius 1 is 1.53 bits per heavy atom. The second-order valence-corrected chi connectivity index (χ2v) is 4.99. The lowest BCUT2D eigenvalue weighted by molar-refractivity contribution is -0.145. The fourth-order valence-corrected chi connectivity index (χ4v) is 2.69. The molecule has 0 N–H and O–H groups in total. The van der Waals surface area contributed by atoms with Gasteiger partial charge in [-0.1, -0.05) is 3.22 Å². The van der Waals surface area contributed by atoms with Crippen LogP contribution in [-0.4, -0.2) is 39.7 Å². The van der Waals surface area contributed by atoms with Gasteiger partial charge >= 0.3 is 12.1 Å². The summed E-state index contributed by atoms with van der Waals surface area (Å²) < 4.78 is 16.2. The third kappa shape index (κ3) is 1.52. The van der Waals surface area contributed by atoms with Crippen molar-refractivity contribution in [3.63, 3.8) is 0 Å². The minimum atomic E-state index is -0.888. The lowest BCUT2D eigenvalue weighted by Gasteiger charge is -2.22. The smallest absolute Gasteiger partial charge is 0.443 e. The number of amides is 1. The zero-order valence-electron chi connectivity index (χ0n) is 8.32. The zero-order chi connectivity index (χ0) is 12.2. The summed E-state index contributed by atoms with van der Waals surface area (Å²) in [6.07, 6.45) is -2.24. The van der Waals surface area contributed by atoms with Crippen molar-refractivity contribution in [1.29, 1.82) is 0 Å². The predicted octanol–water partition coefficient (Wildman–Crippen LogP) is 0.538. The molecule has 0 saturated carbocycles. The highest BCUT2D eigenvalue weighted by molar-refractivity contribution is 14.1. The standard InChI is InChI=1S/C8H7IN2O6/c9-11(10-14)8(13)17-5-3-1-2-4(15-3)6(5)16-7(2)12/h2-6H,1H2. The van der Waals surface area contributed by atoms with E-state index in [1.54, 1.807) is 0 Å². The van der Waals surface area contributed by atoms with Crippen molar-refractivity contribution in [2.24, 2.45) is 11.2 Å². The van der Waals surface area contributed by atoms with Gasteiger partial charge in [-0.2, -0.15) is 0 Å². The summed E-state index contributed by atoms with van der Waals surface area (Å²) in [4.78, 5) is 32.9. The van der Waals surface area contributed by atoms with Gasteiger partial charge in [-0.05, 0) is 6.42 Å². The Balaban J connectivity index is 1.72. The molecule has 3 aliphatic heterocycles. The van der Waals surface area contributed by atoms with Gasteiger partial charge < -0.3 is 14.2 Å². The summed E-state index contributed by atoms with van der Waals surface area (Å²) in [6.45, 7) is 0. The highest BCUT2D eigenvalue weighted by Crippen LogP contribution is 2.47. The molecule has 92 valence electrons. The number of nitroso groups, excluding NO2 is 1. The Hall–Kier alpha value is -0.970. The monoisotopic (exact) mass is 354 g/mol. The Labute approximate surface area is 109 Å². The molecule has 3 saturated heterocycles. The van der Waals surface area contributed by atoms with Crippen molar-refractivity contribution in [3.8, 4) is 0 Å². The molecule has 2 bridgehead atoms. The summed E-state index contributed by atoms with van der Waals surface area (Å²) in [6, 6.07) is 0. The third-order valence-corrected chi connectivity index (χ3v) is 3.81. The fourth-order valence-electron chi connectivity index (χ4n) is 2.58. The first kappa shape index (κ1) is 11.1. The number of ether oxygens (including phenoxy) is 3. The van der Waals surface area contributed by atoms with Crippen molar-refractivity contribution in [3.05, 3.63) is 4.91 Å². The average molecular weight is 354 g/mol. The first-order chi connectivity index (χ1) is 8.11. The van der Waals surface area contributed by atoms with Gasteiger partial charge in [-0.15, -0.1) is 4.91 Å². The second kappa shape index (κ2) is 3.77. The van der Waals surface area contributed by atoms with Gasteiger partial charge in [0.05, 0.1) is 40.2 Å². The lowest BCUT2D eigenvalue weighted by atomic mass is 9.88. The quantitative estimate of drug-likeness (QED) is 0.236. The van der Waals surface area contributed by atoms with Gasteiger partial charge in [0.1, 0.15) is 6.10 Å². The highest BCUT2D eigenvalue weighted by atomic mass is 127. The molecule has 3 heterocycles. The van der Waals surface area contributed by atoms with Crippen LogP contribution in [0.2, 0.25) is 0 Å². The zero-order valence-corrected chi connectivity index (χ0v) is 10.5. The summed E-state index contributed by atoms with van der Waals surface area (Å²) in [5.74, 6) is -0.541. The predicted molar refractivity (Wildman–Crippen MR) is 58.6 cm³/mol. The third-order valence-electron chi connectivity index (χ3n) is 3.24. The first-order valence-corrected chi connectivity index (χ1v) is 5.94. The maximum atomic E-state index is 11.4. The largest absolute Gasteiger partial charge is 0.455 e. The van der Waals surface area contributed by atoms with Crippen LogP contribution >= 0.6 is 22.9 Å². The molecule has 0 aromatic carbocycles. The van der Waals surface area contributed by atoms with E-state index in [2.05, 4.69) is 5.29 Å². The van der Waals surface area contributed by atoms with Crippen LogP contribution in [0.15, 0.2) is 5.29 Å². The number of rotatable bonds is 2. The molecule has 9 heteroatoms. The number of esters is 1. The topological polar surface area (TPSA) is 94.5 Å². The number of halogens is 1. The van der Waals surface area contributed by atoms with Crippen molar-refractivity contribution in [2.75, 3.05) is 0 Å². The number of fused-ring (bicyclic) bond motifs is 1. The Morgan fingerprint density at radius 3 is 3.00 bits per heavy atom. The number of nitrogens with zero attached hydrogens (tertiary/aromatic N) is 2.